The topological polar surface area (TPSA) is 75.3 Å². The number of carbonyl (C=O) groups excluding carboxylic acids is 1. The van der Waals surface area contributed by atoms with E-state index in [4.69, 9.17) is 11.6 Å². The molecule has 0 saturated heterocycles. The summed E-state index contributed by atoms with van der Waals surface area (Å²) in [6.07, 6.45) is 0. The number of nitrogens with one attached hydrogen (secondary N) is 2. The lowest BCUT2D eigenvalue weighted by Gasteiger charge is -2.13. The van der Waals surface area contributed by atoms with Gasteiger partial charge >= 0.3 is 0 Å². The molecule has 0 radical (unpaired) electrons. The standard InChI is InChI=1S/C21H19ClN2O3S2/c1-15-11-12-16(23-21(25)14-28-17-7-3-2-4-8-17)13-20(15)29(26,27)24-19-10-6-5-9-18(19)22/h2-13,24H,14H2,1H3,(H,23,25). The maximum atomic E-state index is 12.8. The second-order valence-electron chi connectivity index (χ2n) is 6.22. The first-order chi connectivity index (χ1) is 13.8. The van der Waals surface area contributed by atoms with E-state index in [-0.39, 0.29) is 16.6 Å². The summed E-state index contributed by atoms with van der Waals surface area (Å²) in [6, 6.07) is 20.9. The number of sulfonamides is 1. The first-order valence-corrected chi connectivity index (χ1v) is 11.6. The SMILES string of the molecule is Cc1ccc(NC(=O)CSc2ccccc2)cc1S(=O)(=O)Nc1ccccc1Cl. The number of carbonyl (C=O) groups is 1. The van der Waals surface area contributed by atoms with Crippen LogP contribution in [-0.2, 0) is 14.8 Å². The van der Waals surface area contributed by atoms with E-state index in [0.29, 0.717) is 22.0 Å². The number of halogens is 1. The Hall–Kier alpha value is -2.48. The largest absolute Gasteiger partial charge is 0.325 e. The van der Waals surface area contributed by atoms with Crippen LogP contribution in [0.25, 0.3) is 0 Å². The molecule has 8 heteroatoms. The molecule has 150 valence electrons. The molecule has 0 bridgehead atoms. The highest BCUT2D eigenvalue weighted by molar-refractivity contribution is 8.00. The first-order valence-electron chi connectivity index (χ1n) is 8.71. The van der Waals surface area contributed by atoms with E-state index >= 15 is 0 Å². The predicted molar refractivity (Wildman–Crippen MR) is 119 cm³/mol. The summed E-state index contributed by atoms with van der Waals surface area (Å²) >= 11 is 7.46. The molecule has 2 N–H and O–H groups in total. The molecular formula is C21H19ClN2O3S2. The lowest BCUT2D eigenvalue weighted by molar-refractivity contribution is -0.113. The van der Waals surface area contributed by atoms with E-state index in [2.05, 4.69) is 10.0 Å². The Morgan fingerprint density at radius 3 is 2.41 bits per heavy atom. The number of rotatable bonds is 7. The van der Waals surface area contributed by atoms with Crippen LogP contribution >= 0.6 is 23.4 Å². The van der Waals surface area contributed by atoms with Crippen LogP contribution in [-0.4, -0.2) is 20.1 Å². The summed E-state index contributed by atoms with van der Waals surface area (Å²) in [5, 5.41) is 3.05. The molecule has 0 aliphatic carbocycles. The number of anilines is 2. The molecule has 0 aliphatic heterocycles. The minimum absolute atomic E-state index is 0.0749. The van der Waals surface area contributed by atoms with Gasteiger partial charge in [-0.2, -0.15) is 0 Å². The molecule has 3 aromatic carbocycles. The van der Waals surface area contributed by atoms with Crippen molar-refractivity contribution in [2.24, 2.45) is 0 Å². The van der Waals surface area contributed by atoms with Gasteiger partial charge in [-0.3, -0.25) is 9.52 Å². The summed E-state index contributed by atoms with van der Waals surface area (Å²) in [7, 11) is -3.87. The molecule has 0 saturated carbocycles. The van der Waals surface area contributed by atoms with Gasteiger partial charge in [0.05, 0.1) is 21.4 Å². The van der Waals surface area contributed by atoms with Crippen molar-refractivity contribution < 1.29 is 13.2 Å². The van der Waals surface area contributed by atoms with E-state index in [9.17, 15) is 13.2 Å². The molecule has 0 spiro atoms. The van der Waals surface area contributed by atoms with Crippen LogP contribution in [0.15, 0.2) is 82.6 Å². The van der Waals surface area contributed by atoms with Gasteiger partial charge in [0.25, 0.3) is 10.0 Å². The van der Waals surface area contributed by atoms with Gasteiger partial charge in [-0.05, 0) is 48.9 Å². The average molecular weight is 447 g/mol. The Kier molecular flexibility index (Phi) is 6.84. The van der Waals surface area contributed by atoms with Crippen molar-refractivity contribution in [3.8, 4) is 0 Å². The van der Waals surface area contributed by atoms with E-state index in [1.165, 1.54) is 17.8 Å². The maximum absolute atomic E-state index is 12.8. The molecule has 3 rings (SSSR count). The number of hydrogen-bond acceptors (Lipinski definition) is 4. The summed E-state index contributed by atoms with van der Waals surface area (Å²) in [5.74, 6) is 0.00260. The zero-order valence-corrected chi connectivity index (χ0v) is 17.9. The number of amides is 1. The molecule has 3 aromatic rings. The highest BCUT2D eigenvalue weighted by Gasteiger charge is 2.19. The predicted octanol–water partition coefficient (Wildman–Crippen LogP) is 5.18. The van der Waals surface area contributed by atoms with Gasteiger partial charge in [0.15, 0.2) is 0 Å². The fourth-order valence-electron chi connectivity index (χ4n) is 2.57. The number of benzene rings is 3. The third kappa shape index (κ3) is 5.76. The molecule has 0 aromatic heterocycles. The highest BCUT2D eigenvalue weighted by Crippen LogP contribution is 2.27. The van der Waals surface area contributed by atoms with Crippen molar-refractivity contribution in [1.82, 2.24) is 0 Å². The molecule has 0 unspecified atom stereocenters. The van der Waals surface area contributed by atoms with Crippen molar-refractivity contribution in [3.63, 3.8) is 0 Å². The molecular weight excluding hydrogens is 428 g/mol. The Morgan fingerprint density at radius 1 is 1.00 bits per heavy atom. The zero-order valence-electron chi connectivity index (χ0n) is 15.6. The lowest BCUT2D eigenvalue weighted by Crippen LogP contribution is -2.17. The Bertz CT molecular complexity index is 1120. The van der Waals surface area contributed by atoms with Gasteiger partial charge in [0.2, 0.25) is 5.91 Å². The van der Waals surface area contributed by atoms with Crippen LogP contribution in [0.4, 0.5) is 11.4 Å². The highest BCUT2D eigenvalue weighted by atomic mass is 35.5. The van der Waals surface area contributed by atoms with Gasteiger partial charge < -0.3 is 5.32 Å². The average Bonchev–Trinajstić information content (AvgIpc) is 2.70. The van der Waals surface area contributed by atoms with Gasteiger partial charge in [0, 0.05) is 10.6 Å². The van der Waals surface area contributed by atoms with Crippen LogP contribution in [0, 0.1) is 6.92 Å². The van der Waals surface area contributed by atoms with Crippen LogP contribution in [0.1, 0.15) is 5.56 Å². The summed E-state index contributed by atoms with van der Waals surface area (Å²) in [6.45, 7) is 1.69. The zero-order chi connectivity index (χ0) is 20.9. The third-order valence-corrected chi connectivity index (χ3v) is 6.84. The molecule has 0 fully saturated rings. The Balaban J connectivity index is 1.73. The van der Waals surface area contributed by atoms with Crippen molar-refractivity contribution >= 4 is 50.7 Å². The molecule has 29 heavy (non-hydrogen) atoms. The number of hydrogen-bond donors (Lipinski definition) is 2. The van der Waals surface area contributed by atoms with E-state index in [0.717, 1.165) is 4.90 Å². The van der Waals surface area contributed by atoms with Crippen molar-refractivity contribution in [1.29, 1.82) is 0 Å². The third-order valence-electron chi connectivity index (χ3n) is 3.99. The molecule has 0 atom stereocenters. The van der Waals surface area contributed by atoms with Crippen molar-refractivity contribution in [2.45, 2.75) is 16.7 Å². The summed E-state index contributed by atoms with van der Waals surface area (Å²) < 4.78 is 28.2. The van der Waals surface area contributed by atoms with Gasteiger partial charge in [-0.25, -0.2) is 8.42 Å². The fourth-order valence-corrected chi connectivity index (χ4v) is 4.88. The molecule has 0 heterocycles. The molecule has 5 nitrogen and oxygen atoms in total. The Labute approximate surface area is 179 Å². The van der Waals surface area contributed by atoms with Gasteiger partial charge in [0.1, 0.15) is 0 Å². The van der Waals surface area contributed by atoms with Gasteiger partial charge in [-0.1, -0.05) is 48.0 Å². The maximum Gasteiger partial charge on any atom is 0.262 e. The van der Waals surface area contributed by atoms with Crippen LogP contribution in [0.3, 0.4) is 0 Å². The minimum Gasteiger partial charge on any atom is -0.325 e. The first kappa shape index (κ1) is 21.2. The molecule has 0 aliphatic rings. The second-order valence-corrected chi connectivity index (χ2v) is 9.32. The summed E-state index contributed by atoms with van der Waals surface area (Å²) in [5.41, 5.74) is 1.26. The van der Waals surface area contributed by atoms with E-state index in [1.54, 1.807) is 43.3 Å². The van der Waals surface area contributed by atoms with Crippen molar-refractivity contribution in [3.05, 3.63) is 83.4 Å². The van der Waals surface area contributed by atoms with E-state index < -0.39 is 10.0 Å². The quantitative estimate of drug-likeness (QED) is 0.490. The van der Waals surface area contributed by atoms with Crippen molar-refractivity contribution in [2.75, 3.05) is 15.8 Å². The van der Waals surface area contributed by atoms with Crippen LogP contribution in [0.2, 0.25) is 5.02 Å². The number of para-hydroxylation sites is 1. The summed E-state index contributed by atoms with van der Waals surface area (Å²) in [4.78, 5) is 13.3. The molecule has 1 amide bonds. The van der Waals surface area contributed by atoms with Gasteiger partial charge in [-0.15, -0.1) is 11.8 Å². The number of aryl methyl sites for hydroxylation is 1. The smallest absolute Gasteiger partial charge is 0.262 e. The fraction of sp³-hybridized carbons (Fsp3) is 0.0952. The monoisotopic (exact) mass is 446 g/mol. The number of thioether (sulfide) groups is 1. The Morgan fingerprint density at radius 2 is 1.69 bits per heavy atom. The second kappa shape index (κ2) is 9.35. The normalized spacial score (nSPS) is 11.1. The van der Waals surface area contributed by atoms with E-state index in [1.807, 2.05) is 30.3 Å². The minimum atomic E-state index is -3.87. The van der Waals surface area contributed by atoms with Crippen LogP contribution < -0.4 is 10.0 Å². The van der Waals surface area contributed by atoms with Crippen LogP contribution in [0.5, 0.6) is 0 Å². The lowest BCUT2D eigenvalue weighted by atomic mass is 10.2.